The number of morpholine rings is 1. The number of benzene rings is 2. The van der Waals surface area contributed by atoms with Crippen LogP contribution in [0, 0.1) is 0 Å². The highest BCUT2D eigenvalue weighted by Crippen LogP contribution is 2.27. The first-order chi connectivity index (χ1) is 17.5. The molecule has 0 bridgehead atoms. The topological polar surface area (TPSA) is 70.6 Å². The van der Waals surface area contributed by atoms with Gasteiger partial charge >= 0.3 is 0 Å². The van der Waals surface area contributed by atoms with Gasteiger partial charge in [-0.3, -0.25) is 9.69 Å². The van der Waals surface area contributed by atoms with Crippen molar-refractivity contribution in [2.75, 3.05) is 50.8 Å². The molecule has 0 aliphatic carbocycles. The van der Waals surface area contributed by atoms with Gasteiger partial charge in [-0.05, 0) is 37.1 Å². The summed E-state index contributed by atoms with van der Waals surface area (Å²) in [4.78, 5) is 27.2. The Hall–Kier alpha value is -2.74. The van der Waals surface area contributed by atoms with E-state index in [2.05, 4.69) is 22.0 Å². The number of ether oxygens (including phenoxy) is 1. The van der Waals surface area contributed by atoms with E-state index in [0.717, 1.165) is 80.3 Å². The number of hydrogen-bond donors (Lipinski definition) is 1. The summed E-state index contributed by atoms with van der Waals surface area (Å²) in [5, 5.41) is 4.75. The Morgan fingerprint density at radius 2 is 1.92 bits per heavy atom. The molecule has 0 spiro atoms. The molecule has 2 aromatic carbocycles. The zero-order valence-electron chi connectivity index (χ0n) is 21.3. The van der Waals surface area contributed by atoms with Gasteiger partial charge in [0.1, 0.15) is 11.6 Å². The van der Waals surface area contributed by atoms with Crippen LogP contribution in [0.1, 0.15) is 44.1 Å². The van der Waals surface area contributed by atoms with Crippen molar-refractivity contribution in [2.24, 2.45) is 0 Å². The minimum Gasteiger partial charge on any atom is -0.379 e. The quantitative estimate of drug-likeness (QED) is 0.406. The Morgan fingerprint density at radius 3 is 2.67 bits per heavy atom. The predicted molar refractivity (Wildman–Crippen MR) is 146 cm³/mol. The number of halogens is 1. The van der Waals surface area contributed by atoms with E-state index in [1.54, 1.807) is 0 Å². The van der Waals surface area contributed by atoms with E-state index in [9.17, 15) is 4.79 Å². The van der Waals surface area contributed by atoms with E-state index in [1.807, 2.05) is 55.5 Å². The maximum absolute atomic E-state index is 12.9. The molecule has 7 nitrogen and oxygen atoms in total. The third-order valence-electron chi connectivity index (χ3n) is 6.59. The smallest absolute Gasteiger partial charge is 0.222 e. The zero-order valence-corrected chi connectivity index (χ0v) is 22.0. The first kappa shape index (κ1) is 26.3. The number of nitrogens with zero attached hydrogens (tertiary/aromatic N) is 4. The van der Waals surface area contributed by atoms with Crippen LogP contribution < -0.4 is 10.2 Å². The van der Waals surface area contributed by atoms with Crippen LogP contribution in [0.25, 0.3) is 10.9 Å². The first-order valence-electron chi connectivity index (χ1n) is 12.9. The van der Waals surface area contributed by atoms with Crippen molar-refractivity contribution >= 4 is 34.2 Å². The number of aryl methyl sites for hydroxylation is 1. The second kappa shape index (κ2) is 13.0. The van der Waals surface area contributed by atoms with Gasteiger partial charge in [0.15, 0.2) is 0 Å². The molecule has 1 aromatic heterocycles. The van der Waals surface area contributed by atoms with Crippen LogP contribution in [0.5, 0.6) is 0 Å². The fourth-order valence-electron chi connectivity index (χ4n) is 4.54. The highest BCUT2D eigenvalue weighted by Gasteiger charge is 2.18. The zero-order chi connectivity index (χ0) is 25.3. The van der Waals surface area contributed by atoms with E-state index in [0.29, 0.717) is 18.0 Å². The number of carbonyl (C=O) groups excluding carboxylic acids is 1. The highest BCUT2D eigenvalue weighted by molar-refractivity contribution is 6.31. The Labute approximate surface area is 218 Å². The van der Waals surface area contributed by atoms with Crippen molar-refractivity contribution in [1.29, 1.82) is 0 Å². The molecule has 1 amide bonds. The minimum absolute atomic E-state index is 0.0293. The van der Waals surface area contributed by atoms with Gasteiger partial charge < -0.3 is 15.0 Å². The van der Waals surface area contributed by atoms with Crippen LogP contribution in [0.2, 0.25) is 5.02 Å². The van der Waals surface area contributed by atoms with E-state index >= 15 is 0 Å². The molecule has 1 unspecified atom stereocenters. The van der Waals surface area contributed by atoms with Crippen molar-refractivity contribution in [3.63, 3.8) is 0 Å². The van der Waals surface area contributed by atoms with E-state index in [1.165, 1.54) is 0 Å². The molecule has 2 heterocycles. The molecule has 1 saturated heterocycles. The molecular formula is C28H36ClN5O2. The van der Waals surface area contributed by atoms with Crippen LogP contribution in [-0.4, -0.2) is 66.7 Å². The molecule has 1 atom stereocenters. The van der Waals surface area contributed by atoms with Crippen LogP contribution in [0.4, 0.5) is 5.82 Å². The lowest BCUT2D eigenvalue weighted by Gasteiger charge is -2.29. The fourth-order valence-corrected chi connectivity index (χ4v) is 4.71. The summed E-state index contributed by atoms with van der Waals surface area (Å²) in [7, 11) is 0. The van der Waals surface area contributed by atoms with Crippen molar-refractivity contribution < 1.29 is 9.53 Å². The molecule has 1 fully saturated rings. The van der Waals surface area contributed by atoms with Gasteiger partial charge in [0, 0.05) is 56.0 Å². The molecule has 1 aliphatic heterocycles. The Kier molecular flexibility index (Phi) is 9.50. The van der Waals surface area contributed by atoms with Gasteiger partial charge in [-0.2, -0.15) is 0 Å². The maximum atomic E-state index is 12.9. The number of rotatable bonds is 11. The summed E-state index contributed by atoms with van der Waals surface area (Å²) in [5.41, 5.74) is 1.93. The molecule has 1 N–H and O–H groups in total. The molecule has 8 heteroatoms. The van der Waals surface area contributed by atoms with E-state index < -0.39 is 0 Å². The number of amides is 1. The van der Waals surface area contributed by atoms with Crippen molar-refractivity contribution in [1.82, 2.24) is 20.2 Å². The third-order valence-corrected chi connectivity index (χ3v) is 6.83. The molecule has 192 valence electrons. The summed E-state index contributed by atoms with van der Waals surface area (Å²) in [5.74, 6) is 1.68. The van der Waals surface area contributed by atoms with Gasteiger partial charge in [-0.1, -0.05) is 48.9 Å². The van der Waals surface area contributed by atoms with Crippen molar-refractivity contribution in [2.45, 2.75) is 39.2 Å². The lowest BCUT2D eigenvalue weighted by Crippen LogP contribution is -2.39. The van der Waals surface area contributed by atoms with Crippen LogP contribution >= 0.6 is 11.6 Å². The molecule has 0 saturated carbocycles. The molecule has 4 rings (SSSR count). The van der Waals surface area contributed by atoms with Gasteiger partial charge in [0.2, 0.25) is 5.91 Å². The fraction of sp³-hybridized carbons (Fsp3) is 0.464. The molecule has 1 aliphatic rings. The lowest BCUT2D eigenvalue weighted by atomic mass is 10.1. The number of hydrogen-bond acceptors (Lipinski definition) is 6. The molecule has 3 aromatic rings. The van der Waals surface area contributed by atoms with Gasteiger partial charge in [0.25, 0.3) is 0 Å². The summed E-state index contributed by atoms with van der Waals surface area (Å²) in [6.07, 6.45) is 2.09. The summed E-state index contributed by atoms with van der Waals surface area (Å²) in [6, 6.07) is 15.8. The van der Waals surface area contributed by atoms with Crippen LogP contribution in [0.15, 0.2) is 48.5 Å². The maximum Gasteiger partial charge on any atom is 0.222 e. The normalized spacial score (nSPS) is 15.1. The van der Waals surface area contributed by atoms with Crippen LogP contribution in [0.3, 0.4) is 0 Å². The van der Waals surface area contributed by atoms with Crippen molar-refractivity contribution in [3.05, 3.63) is 64.9 Å². The minimum atomic E-state index is -0.0396. The predicted octanol–water partition coefficient (Wildman–Crippen LogP) is 4.64. The molecule has 0 radical (unpaired) electrons. The highest BCUT2D eigenvalue weighted by atomic mass is 35.5. The van der Waals surface area contributed by atoms with Gasteiger partial charge in [-0.15, -0.1) is 0 Å². The second-order valence-electron chi connectivity index (χ2n) is 9.22. The number of aromatic nitrogens is 2. The van der Waals surface area contributed by atoms with E-state index in [-0.39, 0.29) is 11.9 Å². The third kappa shape index (κ3) is 7.15. The summed E-state index contributed by atoms with van der Waals surface area (Å²) < 4.78 is 5.48. The largest absolute Gasteiger partial charge is 0.379 e. The number of nitrogens with one attached hydrogen (secondary N) is 1. The number of carbonyl (C=O) groups is 1. The number of anilines is 1. The SMILES string of the molecule is CCc1nc(N(CCCN2CCOCC2)CCC(=O)NC(C)c2ccccc2)c2ccc(Cl)cc2n1. The monoisotopic (exact) mass is 509 g/mol. The Morgan fingerprint density at radius 1 is 1.14 bits per heavy atom. The summed E-state index contributed by atoms with van der Waals surface area (Å²) >= 11 is 6.27. The van der Waals surface area contributed by atoms with Crippen LogP contribution in [-0.2, 0) is 16.0 Å². The molecular weight excluding hydrogens is 474 g/mol. The second-order valence-corrected chi connectivity index (χ2v) is 9.66. The Balaban J connectivity index is 1.49. The van der Waals surface area contributed by atoms with Crippen molar-refractivity contribution in [3.8, 4) is 0 Å². The average Bonchev–Trinajstić information content (AvgIpc) is 2.90. The molecule has 36 heavy (non-hydrogen) atoms. The van der Waals surface area contributed by atoms with Gasteiger partial charge in [-0.25, -0.2) is 9.97 Å². The lowest BCUT2D eigenvalue weighted by molar-refractivity contribution is -0.121. The van der Waals surface area contributed by atoms with E-state index in [4.69, 9.17) is 26.3 Å². The standard InChI is InChI=1S/C28H36ClN5O2/c1-3-26-31-25-20-23(29)10-11-24(25)28(32-26)34(14-7-13-33-16-18-36-19-17-33)15-12-27(35)30-21(2)22-8-5-4-6-9-22/h4-6,8-11,20-21H,3,7,12-19H2,1-2H3,(H,30,35). The summed E-state index contributed by atoms with van der Waals surface area (Å²) in [6.45, 7) is 9.96. The van der Waals surface area contributed by atoms with Gasteiger partial charge in [0.05, 0.1) is 24.8 Å². The Bertz CT molecular complexity index is 1140. The average molecular weight is 510 g/mol. The number of fused-ring (bicyclic) bond motifs is 1. The first-order valence-corrected chi connectivity index (χ1v) is 13.3.